The molecule has 1 heterocycles. The van der Waals surface area contributed by atoms with Gasteiger partial charge in [0.1, 0.15) is 5.75 Å². The fourth-order valence-electron chi connectivity index (χ4n) is 2.74. The molecule has 2 aromatic carbocycles. The molecule has 122 valence electrons. The molecule has 1 N–H and O–H groups in total. The maximum atomic E-state index is 11.6. The van der Waals surface area contributed by atoms with Crippen molar-refractivity contribution in [2.24, 2.45) is 0 Å². The van der Waals surface area contributed by atoms with E-state index in [0.29, 0.717) is 6.42 Å². The minimum atomic E-state index is -0.00243. The topological polar surface area (TPSA) is 51.2 Å². The number of hydrogen-bond acceptors (Lipinski definition) is 3. The highest BCUT2D eigenvalue weighted by Crippen LogP contribution is 2.26. The SMILES string of the molecule is CNC(=O)Cc1ccc2c(C)cc(-c3ccc(OC)cc3)nc2c1. The molecule has 1 aromatic heterocycles. The number of amides is 1. The molecule has 0 bridgehead atoms. The summed E-state index contributed by atoms with van der Waals surface area (Å²) in [5.74, 6) is 0.821. The maximum absolute atomic E-state index is 11.6. The summed E-state index contributed by atoms with van der Waals surface area (Å²) < 4.78 is 5.20. The molecule has 0 saturated carbocycles. The molecule has 0 unspecified atom stereocenters. The van der Waals surface area contributed by atoms with Crippen LogP contribution in [0.1, 0.15) is 11.1 Å². The van der Waals surface area contributed by atoms with Gasteiger partial charge in [-0.2, -0.15) is 0 Å². The van der Waals surface area contributed by atoms with Crippen LogP contribution in [0.5, 0.6) is 5.75 Å². The van der Waals surface area contributed by atoms with Crippen LogP contribution in [-0.4, -0.2) is 25.0 Å². The molecule has 0 spiro atoms. The van der Waals surface area contributed by atoms with Crippen molar-refractivity contribution >= 4 is 16.8 Å². The lowest BCUT2D eigenvalue weighted by molar-refractivity contribution is -0.119. The summed E-state index contributed by atoms with van der Waals surface area (Å²) in [6.45, 7) is 2.08. The van der Waals surface area contributed by atoms with Crippen molar-refractivity contribution in [2.75, 3.05) is 14.2 Å². The summed E-state index contributed by atoms with van der Waals surface area (Å²) in [5.41, 5.74) is 4.98. The molecule has 3 aromatic rings. The normalized spacial score (nSPS) is 10.6. The Labute approximate surface area is 141 Å². The third-order valence-corrected chi connectivity index (χ3v) is 4.11. The van der Waals surface area contributed by atoms with Crippen molar-refractivity contribution in [3.05, 3.63) is 59.7 Å². The van der Waals surface area contributed by atoms with Gasteiger partial charge < -0.3 is 10.1 Å². The average molecular weight is 320 g/mol. The van der Waals surface area contributed by atoms with Crippen molar-refractivity contribution in [1.29, 1.82) is 0 Å². The predicted octanol–water partition coefficient (Wildman–Crippen LogP) is 3.51. The number of carbonyl (C=O) groups excluding carboxylic acids is 1. The summed E-state index contributed by atoms with van der Waals surface area (Å²) in [6, 6.07) is 16.0. The Bertz CT molecular complexity index is 886. The quantitative estimate of drug-likeness (QED) is 0.800. The number of carbonyl (C=O) groups is 1. The van der Waals surface area contributed by atoms with Crippen LogP contribution < -0.4 is 10.1 Å². The van der Waals surface area contributed by atoms with Gasteiger partial charge >= 0.3 is 0 Å². The zero-order valence-electron chi connectivity index (χ0n) is 14.1. The smallest absolute Gasteiger partial charge is 0.224 e. The van der Waals surface area contributed by atoms with Crippen molar-refractivity contribution < 1.29 is 9.53 Å². The Morgan fingerprint density at radius 1 is 1.12 bits per heavy atom. The first-order chi connectivity index (χ1) is 11.6. The molecule has 0 aliphatic heterocycles. The predicted molar refractivity (Wildman–Crippen MR) is 96.2 cm³/mol. The Kier molecular flexibility index (Phi) is 4.47. The van der Waals surface area contributed by atoms with E-state index in [1.54, 1.807) is 14.2 Å². The second-order valence-electron chi connectivity index (χ2n) is 5.75. The molecular formula is C20H20N2O2. The summed E-state index contributed by atoms with van der Waals surface area (Å²) in [5, 5.41) is 3.75. The van der Waals surface area contributed by atoms with E-state index in [2.05, 4.69) is 18.3 Å². The lowest BCUT2D eigenvalue weighted by Gasteiger charge is -2.09. The van der Waals surface area contributed by atoms with Crippen LogP contribution in [0.2, 0.25) is 0 Å². The molecular weight excluding hydrogens is 300 g/mol. The van der Waals surface area contributed by atoms with E-state index in [1.165, 1.54) is 0 Å². The average Bonchev–Trinajstić information content (AvgIpc) is 2.61. The Balaban J connectivity index is 2.04. The van der Waals surface area contributed by atoms with E-state index in [1.807, 2.05) is 42.5 Å². The van der Waals surface area contributed by atoms with Crippen molar-refractivity contribution in [1.82, 2.24) is 10.3 Å². The van der Waals surface area contributed by atoms with Gasteiger partial charge in [-0.3, -0.25) is 4.79 Å². The molecule has 0 radical (unpaired) electrons. The molecule has 0 aliphatic carbocycles. The summed E-state index contributed by atoms with van der Waals surface area (Å²) in [4.78, 5) is 16.4. The third kappa shape index (κ3) is 3.23. The van der Waals surface area contributed by atoms with E-state index in [-0.39, 0.29) is 5.91 Å². The Morgan fingerprint density at radius 2 is 1.88 bits per heavy atom. The highest BCUT2D eigenvalue weighted by molar-refractivity contribution is 5.87. The number of fused-ring (bicyclic) bond motifs is 1. The molecule has 0 aliphatic rings. The van der Waals surface area contributed by atoms with Crippen LogP contribution in [0, 0.1) is 6.92 Å². The molecule has 0 atom stereocenters. The maximum Gasteiger partial charge on any atom is 0.224 e. The van der Waals surface area contributed by atoms with Crippen LogP contribution in [0.25, 0.3) is 22.2 Å². The van der Waals surface area contributed by atoms with Crippen molar-refractivity contribution in [3.8, 4) is 17.0 Å². The number of pyridine rings is 1. The summed E-state index contributed by atoms with van der Waals surface area (Å²) >= 11 is 0. The number of likely N-dealkylation sites (N-methyl/N-ethyl adjacent to an activating group) is 1. The van der Waals surface area contributed by atoms with E-state index >= 15 is 0 Å². The van der Waals surface area contributed by atoms with Crippen molar-refractivity contribution in [2.45, 2.75) is 13.3 Å². The summed E-state index contributed by atoms with van der Waals surface area (Å²) in [6.07, 6.45) is 0.361. The minimum Gasteiger partial charge on any atom is -0.497 e. The minimum absolute atomic E-state index is 0.00243. The van der Waals surface area contributed by atoms with Crippen molar-refractivity contribution in [3.63, 3.8) is 0 Å². The number of methoxy groups -OCH3 is 1. The number of nitrogens with one attached hydrogen (secondary N) is 1. The van der Waals surface area contributed by atoms with Crippen LogP contribution in [0.15, 0.2) is 48.5 Å². The van der Waals surface area contributed by atoms with Crippen LogP contribution >= 0.6 is 0 Å². The number of rotatable bonds is 4. The first kappa shape index (κ1) is 16.0. The van der Waals surface area contributed by atoms with Gasteiger partial charge in [0.25, 0.3) is 0 Å². The molecule has 4 nitrogen and oxygen atoms in total. The molecule has 4 heteroatoms. The van der Waals surface area contributed by atoms with Gasteiger partial charge in [0.15, 0.2) is 0 Å². The van der Waals surface area contributed by atoms with Crippen LogP contribution in [-0.2, 0) is 11.2 Å². The van der Waals surface area contributed by atoms with Gasteiger partial charge in [-0.05, 0) is 54.4 Å². The lowest BCUT2D eigenvalue weighted by atomic mass is 10.0. The van der Waals surface area contributed by atoms with E-state index in [9.17, 15) is 4.79 Å². The monoisotopic (exact) mass is 320 g/mol. The molecule has 0 saturated heterocycles. The van der Waals surface area contributed by atoms with E-state index in [4.69, 9.17) is 9.72 Å². The molecule has 3 rings (SSSR count). The highest BCUT2D eigenvalue weighted by atomic mass is 16.5. The standard InChI is InChI=1S/C20H20N2O2/c1-13-10-18(15-5-7-16(24-3)8-6-15)22-19-11-14(4-9-17(13)19)12-20(23)21-2/h4-11H,12H2,1-3H3,(H,21,23). The largest absolute Gasteiger partial charge is 0.497 e. The second-order valence-corrected chi connectivity index (χ2v) is 5.75. The zero-order valence-corrected chi connectivity index (χ0v) is 14.1. The van der Waals surface area contributed by atoms with Gasteiger partial charge in [0.2, 0.25) is 5.91 Å². The molecule has 0 fully saturated rings. The second kappa shape index (κ2) is 6.71. The van der Waals surface area contributed by atoms with Gasteiger partial charge in [0.05, 0.1) is 24.7 Å². The molecule has 1 amide bonds. The lowest BCUT2D eigenvalue weighted by Crippen LogP contribution is -2.19. The third-order valence-electron chi connectivity index (χ3n) is 4.11. The number of aromatic nitrogens is 1. The zero-order chi connectivity index (χ0) is 17.1. The summed E-state index contributed by atoms with van der Waals surface area (Å²) in [7, 11) is 3.30. The molecule has 24 heavy (non-hydrogen) atoms. The fraction of sp³-hybridized carbons (Fsp3) is 0.200. The Hall–Kier alpha value is -2.88. The number of hydrogen-bond donors (Lipinski definition) is 1. The van der Waals surface area contributed by atoms with Gasteiger partial charge in [-0.1, -0.05) is 12.1 Å². The van der Waals surface area contributed by atoms with Gasteiger partial charge in [-0.25, -0.2) is 4.98 Å². The number of ether oxygens (including phenoxy) is 1. The van der Waals surface area contributed by atoms with Crippen LogP contribution in [0.4, 0.5) is 0 Å². The highest BCUT2D eigenvalue weighted by Gasteiger charge is 2.08. The number of benzene rings is 2. The Morgan fingerprint density at radius 3 is 2.54 bits per heavy atom. The van der Waals surface area contributed by atoms with Gasteiger partial charge in [0, 0.05) is 18.0 Å². The first-order valence-electron chi connectivity index (χ1n) is 7.86. The van der Waals surface area contributed by atoms with Gasteiger partial charge in [-0.15, -0.1) is 0 Å². The number of nitrogens with zero attached hydrogens (tertiary/aromatic N) is 1. The van der Waals surface area contributed by atoms with E-state index < -0.39 is 0 Å². The fourth-order valence-corrected chi connectivity index (χ4v) is 2.74. The first-order valence-corrected chi connectivity index (χ1v) is 7.86. The van der Waals surface area contributed by atoms with Crippen LogP contribution in [0.3, 0.4) is 0 Å². The van der Waals surface area contributed by atoms with E-state index in [0.717, 1.165) is 39.0 Å². The number of aryl methyl sites for hydroxylation is 1.